The van der Waals surface area contributed by atoms with Crippen LogP contribution in [0.3, 0.4) is 0 Å². The van der Waals surface area contributed by atoms with Gasteiger partial charge in [-0.3, -0.25) is 4.79 Å². The minimum atomic E-state index is -0.885. The molecule has 0 radical (unpaired) electrons. The Morgan fingerprint density at radius 2 is 1.90 bits per heavy atom. The van der Waals surface area contributed by atoms with Crippen LogP contribution in [0, 0.1) is 29.3 Å². The van der Waals surface area contributed by atoms with Gasteiger partial charge in [-0.15, -0.1) is 0 Å². The fraction of sp³-hybridized carbons (Fsp3) is 0.409. The van der Waals surface area contributed by atoms with Crippen LogP contribution in [0.25, 0.3) is 0 Å². The quantitative estimate of drug-likeness (QED) is 0.758. The van der Waals surface area contributed by atoms with Crippen LogP contribution >= 0.6 is 0 Å². The van der Waals surface area contributed by atoms with Gasteiger partial charge in [0.2, 0.25) is 0 Å². The number of carboxylic acid groups (broad SMARTS) is 1. The molecule has 154 valence electrons. The molecular formula is C22H21F3O4. The van der Waals surface area contributed by atoms with Gasteiger partial charge in [-0.1, -0.05) is 0 Å². The van der Waals surface area contributed by atoms with E-state index in [0.29, 0.717) is 41.7 Å². The van der Waals surface area contributed by atoms with Gasteiger partial charge in [0.15, 0.2) is 17.4 Å². The third-order valence-corrected chi connectivity index (χ3v) is 5.37. The number of halogens is 3. The number of fused-ring (bicyclic) bond motifs is 1. The molecule has 1 saturated carbocycles. The largest absolute Gasteiger partial charge is 0.487 e. The summed E-state index contributed by atoms with van der Waals surface area (Å²) in [6.07, 6.45) is 1.34. The lowest BCUT2D eigenvalue weighted by molar-refractivity contribution is -0.138. The molecule has 1 N–H and O–H groups in total. The van der Waals surface area contributed by atoms with Crippen LogP contribution in [0.5, 0.6) is 11.5 Å². The number of ether oxygens (including phenoxy) is 2. The molecular weight excluding hydrogens is 385 g/mol. The van der Waals surface area contributed by atoms with Crippen LogP contribution < -0.4 is 9.47 Å². The maximum absolute atomic E-state index is 14.4. The number of rotatable bonds is 6. The molecule has 2 aliphatic rings. The molecule has 7 heteroatoms. The van der Waals surface area contributed by atoms with Crippen molar-refractivity contribution in [3.63, 3.8) is 0 Å². The molecule has 4 rings (SSSR count). The third-order valence-electron chi connectivity index (χ3n) is 5.37. The maximum Gasteiger partial charge on any atom is 0.306 e. The highest BCUT2D eigenvalue weighted by atomic mass is 19.1. The summed E-state index contributed by atoms with van der Waals surface area (Å²) < 4.78 is 54.0. The highest BCUT2D eigenvalue weighted by Crippen LogP contribution is 2.42. The predicted molar refractivity (Wildman–Crippen MR) is 98.4 cm³/mol. The summed E-state index contributed by atoms with van der Waals surface area (Å²) in [6.45, 7) is 3.51. The molecule has 2 aromatic carbocycles. The van der Waals surface area contributed by atoms with Crippen LogP contribution in [0.2, 0.25) is 0 Å². The normalized spacial score (nSPS) is 21.4. The van der Waals surface area contributed by atoms with E-state index in [4.69, 9.17) is 14.6 Å². The van der Waals surface area contributed by atoms with Gasteiger partial charge >= 0.3 is 5.97 Å². The second-order valence-corrected chi connectivity index (χ2v) is 8.41. The van der Waals surface area contributed by atoms with Crippen molar-refractivity contribution in [3.05, 3.63) is 58.4 Å². The molecule has 0 spiro atoms. The minimum Gasteiger partial charge on any atom is -0.487 e. The molecule has 1 aliphatic heterocycles. The first kappa shape index (κ1) is 19.6. The zero-order valence-electron chi connectivity index (χ0n) is 16.1. The number of hydrogen-bond donors (Lipinski definition) is 1. The van der Waals surface area contributed by atoms with E-state index >= 15 is 0 Å². The molecule has 1 aliphatic carbocycles. The van der Waals surface area contributed by atoms with Crippen LogP contribution in [-0.4, -0.2) is 16.7 Å². The second kappa shape index (κ2) is 6.97. The van der Waals surface area contributed by atoms with E-state index in [0.717, 1.165) is 12.1 Å². The molecule has 1 heterocycles. The first-order valence-electron chi connectivity index (χ1n) is 9.47. The second-order valence-electron chi connectivity index (χ2n) is 8.41. The Balaban J connectivity index is 1.49. The fourth-order valence-electron chi connectivity index (χ4n) is 3.95. The molecule has 1 fully saturated rings. The Morgan fingerprint density at radius 1 is 1.21 bits per heavy atom. The van der Waals surface area contributed by atoms with E-state index in [1.165, 1.54) is 12.1 Å². The van der Waals surface area contributed by atoms with Crippen LogP contribution in [0.15, 0.2) is 24.3 Å². The topological polar surface area (TPSA) is 55.8 Å². The van der Waals surface area contributed by atoms with Crippen molar-refractivity contribution in [3.8, 4) is 11.5 Å². The molecule has 0 saturated heterocycles. The van der Waals surface area contributed by atoms with Gasteiger partial charge in [-0.05, 0) is 62.4 Å². The lowest BCUT2D eigenvalue weighted by atomic mass is 10.0. The van der Waals surface area contributed by atoms with Crippen molar-refractivity contribution < 1.29 is 32.5 Å². The minimum absolute atomic E-state index is 0.103. The van der Waals surface area contributed by atoms with Gasteiger partial charge in [0.1, 0.15) is 23.8 Å². The summed E-state index contributed by atoms with van der Waals surface area (Å²) in [7, 11) is 0. The average molecular weight is 406 g/mol. The summed E-state index contributed by atoms with van der Waals surface area (Å²) >= 11 is 0. The summed E-state index contributed by atoms with van der Waals surface area (Å²) in [4.78, 5) is 10.9. The number of benzene rings is 2. The van der Waals surface area contributed by atoms with Crippen molar-refractivity contribution in [2.45, 2.75) is 45.3 Å². The Morgan fingerprint density at radius 3 is 2.52 bits per heavy atom. The van der Waals surface area contributed by atoms with Crippen molar-refractivity contribution in [1.82, 2.24) is 0 Å². The zero-order chi connectivity index (χ0) is 20.9. The van der Waals surface area contributed by atoms with Crippen LogP contribution in [-0.2, 0) is 24.2 Å². The van der Waals surface area contributed by atoms with E-state index in [2.05, 4.69) is 0 Å². The molecule has 0 bridgehead atoms. The summed E-state index contributed by atoms with van der Waals surface area (Å²) in [6, 6.07) is 4.95. The number of carboxylic acids is 1. The van der Waals surface area contributed by atoms with Crippen LogP contribution in [0.4, 0.5) is 13.2 Å². The van der Waals surface area contributed by atoms with Crippen molar-refractivity contribution in [2.75, 3.05) is 0 Å². The van der Waals surface area contributed by atoms with E-state index in [9.17, 15) is 18.0 Å². The lowest BCUT2D eigenvalue weighted by Crippen LogP contribution is -2.25. The fourth-order valence-corrected chi connectivity index (χ4v) is 3.95. The Kier molecular flexibility index (Phi) is 4.71. The zero-order valence-corrected chi connectivity index (χ0v) is 16.1. The number of carbonyl (C=O) groups is 1. The smallest absolute Gasteiger partial charge is 0.306 e. The SMILES string of the molecule is CC1(C)Cc2cc(F)cc(COc3c(F)cc(C[C@@H]4C[C@H]4C(=O)O)cc3F)c2O1. The molecule has 29 heavy (non-hydrogen) atoms. The van der Waals surface area contributed by atoms with E-state index in [1.54, 1.807) is 0 Å². The summed E-state index contributed by atoms with van der Waals surface area (Å²) in [5, 5.41) is 8.95. The first-order valence-corrected chi connectivity index (χ1v) is 9.47. The first-order chi connectivity index (χ1) is 13.6. The molecule has 0 amide bonds. The van der Waals surface area contributed by atoms with Crippen LogP contribution in [0.1, 0.15) is 37.0 Å². The van der Waals surface area contributed by atoms with Crippen molar-refractivity contribution in [2.24, 2.45) is 11.8 Å². The molecule has 0 aromatic heterocycles. The lowest BCUT2D eigenvalue weighted by Gasteiger charge is -2.18. The van der Waals surface area contributed by atoms with E-state index in [1.807, 2.05) is 13.8 Å². The van der Waals surface area contributed by atoms with E-state index < -0.39 is 40.7 Å². The van der Waals surface area contributed by atoms with Gasteiger partial charge in [0.05, 0.1) is 5.92 Å². The highest BCUT2D eigenvalue weighted by molar-refractivity contribution is 5.73. The van der Waals surface area contributed by atoms with Gasteiger partial charge in [-0.2, -0.15) is 0 Å². The number of aliphatic carboxylic acids is 1. The maximum atomic E-state index is 14.4. The number of hydrogen-bond acceptors (Lipinski definition) is 3. The van der Waals surface area contributed by atoms with Crippen molar-refractivity contribution >= 4 is 5.97 Å². The molecule has 2 aromatic rings. The Bertz CT molecular complexity index is 963. The molecule has 4 nitrogen and oxygen atoms in total. The van der Waals surface area contributed by atoms with Gasteiger partial charge in [0.25, 0.3) is 0 Å². The third kappa shape index (κ3) is 4.04. The summed E-state index contributed by atoms with van der Waals surface area (Å²) in [5.74, 6) is -3.70. The highest BCUT2D eigenvalue weighted by Gasteiger charge is 2.43. The Hall–Kier alpha value is -2.70. The van der Waals surface area contributed by atoms with E-state index in [-0.39, 0.29) is 12.5 Å². The standard InChI is InChI=1S/C22H21F3O4/c1-22(2)9-13-6-15(23)7-14(19(13)29-22)10-28-20-17(24)4-11(5-18(20)25)3-12-8-16(12)21(26)27/h4-7,12,16H,3,8-10H2,1-2H3,(H,26,27)/t12-,16-/m1/s1. The predicted octanol–water partition coefficient (Wildman–Crippen LogP) is 4.66. The Labute approximate surface area is 166 Å². The monoisotopic (exact) mass is 406 g/mol. The van der Waals surface area contributed by atoms with Gasteiger partial charge in [-0.25, -0.2) is 13.2 Å². The van der Waals surface area contributed by atoms with Gasteiger partial charge < -0.3 is 14.6 Å². The van der Waals surface area contributed by atoms with Crippen molar-refractivity contribution in [1.29, 1.82) is 0 Å². The molecule has 0 unspecified atom stereocenters. The average Bonchev–Trinajstić information content (AvgIpc) is 3.28. The van der Waals surface area contributed by atoms with Gasteiger partial charge in [0, 0.05) is 17.5 Å². The summed E-state index contributed by atoms with van der Waals surface area (Å²) in [5.41, 5.74) is 0.982. The molecule has 2 atom stereocenters.